The van der Waals surface area contributed by atoms with Crippen molar-refractivity contribution in [3.05, 3.63) is 22.4 Å². The van der Waals surface area contributed by atoms with E-state index >= 15 is 0 Å². The van der Waals surface area contributed by atoms with Gasteiger partial charge >= 0.3 is 6.18 Å². The number of hydrogen-bond acceptors (Lipinski definition) is 4. The maximum absolute atomic E-state index is 12.3. The van der Waals surface area contributed by atoms with Gasteiger partial charge in [0.05, 0.1) is 11.0 Å². The average Bonchev–Trinajstić information content (AvgIpc) is 2.79. The number of nitrogens with zero attached hydrogens (tertiary/aromatic N) is 1. The third kappa shape index (κ3) is 4.19. The van der Waals surface area contributed by atoms with Gasteiger partial charge in [-0.05, 0) is 17.9 Å². The number of thiophene rings is 1. The van der Waals surface area contributed by atoms with Crippen molar-refractivity contribution >= 4 is 27.1 Å². The maximum Gasteiger partial charge on any atom is 0.397 e. The number of halogens is 3. The Kier molecular flexibility index (Phi) is 4.62. The Labute approximate surface area is 124 Å². The molecule has 1 unspecified atom stereocenters. The number of hydrogen-bond donors (Lipinski definition) is 0. The van der Waals surface area contributed by atoms with E-state index in [2.05, 4.69) is 0 Å². The molecule has 1 aliphatic heterocycles. The molecule has 0 N–H and O–H groups in total. The van der Waals surface area contributed by atoms with Crippen LogP contribution in [0.2, 0.25) is 0 Å². The average molecular weight is 341 g/mol. The van der Waals surface area contributed by atoms with Crippen molar-refractivity contribution in [1.82, 2.24) is 4.90 Å². The number of carbonyl (C=O) groups is 1. The van der Waals surface area contributed by atoms with Crippen LogP contribution < -0.4 is 0 Å². The van der Waals surface area contributed by atoms with Crippen molar-refractivity contribution in [2.75, 3.05) is 18.8 Å². The van der Waals surface area contributed by atoms with Crippen LogP contribution in [0.5, 0.6) is 0 Å². The highest BCUT2D eigenvalue weighted by atomic mass is 32.2. The Hall–Kier alpha value is -1.09. The zero-order valence-corrected chi connectivity index (χ0v) is 12.6. The van der Waals surface area contributed by atoms with Crippen LogP contribution in [0, 0.1) is 0 Å². The van der Waals surface area contributed by atoms with Crippen molar-refractivity contribution < 1.29 is 26.4 Å². The second-order valence-corrected chi connectivity index (χ2v) is 8.11. The first-order chi connectivity index (χ1) is 9.69. The van der Waals surface area contributed by atoms with Gasteiger partial charge in [0.25, 0.3) is 0 Å². The predicted octanol–water partition coefficient (Wildman–Crippen LogP) is 2.39. The quantitative estimate of drug-likeness (QED) is 0.830. The molecule has 1 aromatic rings. The highest BCUT2D eigenvalue weighted by Gasteiger charge is 2.37. The summed E-state index contributed by atoms with van der Waals surface area (Å²) in [6, 6.07) is 3.42. The van der Waals surface area contributed by atoms with Crippen LogP contribution in [0.3, 0.4) is 0 Å². The van der Waals surface area contributed by atoms with E-state index in [4.69, 9.17) is 0 Å². The zero-order valence-electron chi connectivity index (χ0n) is 11.0. The summed E-state index contributed by atoms with van der Waals surface area (Å²) in [5, 5.41) is 1.02. The second-order valence-electron chi connectivity index (χ2n) is 4.83. The van der Waals surface area contributed by atoms with Gasteiger partial charge in [-0.1, -0.05) is 6.07 Å². The Morgan fingerprint density at radius 1 is 1.38 bits per heavy atom. The van der Waals surface area contributed by atoms with E-state index in [0.717, 1.165) is 4.90 Å². The van der Waals surface area contributed by atoms with Gasteiger partial charge in [-0.25, -0.2) is 8.42 Å². The highest BCUT2D eigenvalue weighted by Crippen LogP contribution is 2.32. The van der Waals surface area contributed by atoms with Gasteiger partial charge in [0.15, 0.2) is 9.84 Å². The Balaban J connectivity index is 2.12. The Bertz CT molecular complexity index is 596. The SMILES string of the molecule is O=C(CC(F)(F)F)N1CCC(c2cccs2)S(=O)(=O)CC1. The molecule has 2 heterocycles. The molecule has 0 saturated carbocycles. The monoisotopic (exact) mass is 341 g/mol. The van der Waals surface area contributed by atoms with E-state index in [-0.39, 0.29) is 25.3 Å². The minimum absolute atomic E-state index is 0.0245. The number of alkyl halides is 3. The topological polar surface area (TPSA) is 54.5 Å². The molecule has 21 heavy (non-hydrogen) atoms. The number of carbonyl (C=O) groups excluding carboxylic acids is 1. The van der Waals surface area contributed by atoms with Gasteiger partial charge < -0.3 is 4.90 Å². The zero-order chi connectivity index (χ0) is 15.7. The van der Waals surface area contributed by atoms with Crippen molar-refractivity contribution in [2.45, 2.75) is 24.3 Å². The molecule has 1 aromatic heterocycles. The van der Waals surface area contributed by atoms with E-state index in [1.807, 2.05) is 0 Å². The summed E-state index contributed by atoms with van der Waals surface area (Å²) < 4.78 is 61.2. The molecule has 118 valence electrons. The van der Waals surface area contributed by atoms with Crippen molar-refractivity contribution in [1.29, 1.82) is 0 Å². The van der Waals surface area contributed by atoms with E-state index in [1.54, 1.807) is 17.5 Å². The summed E-state index contributed by atoms with van der Waals surface area (Å²) in [4.78, 5) is 13.2. The normalized spacial score (nSPS) is 22.8. The number of amides is 1. The molecule has 2 rings (SSSR count). The first-order valence-corrected chi connectivity index (χ1v) is 8.88. The molecule has 1 atom stereocenters. The van der Waals surface area contributed by atoms with Crippen LogP contribution in [0.25, 0.3) is 0 Å². The van der Waals surface area contributed by atoms with Gasteiger partial charge in [-0.15, -0.1) is 11.3 Å². The third-order valence-corrected chi connectivity index (χ3v) is 6.55. The second kappa shape index (κ2) is 5.96. The minimum Gasteiger partial charge on any atom is -0.341 e. The smallest absolute Gasteiger partial charge is 0.341 e. The summed E-state index contributed by atoms with van der Waals surface area (Å²) in [5.41, 5.74) is 0. The summed E-state index contributed by atoms with van der Waals surface area (Å²) in [7, 11) is -3.46. The summed E-state index contributed by atoms with van der Waals surface area (Å²) in [6.07, 6.45) is -5.99. The lowest BCUT2D eigenvalue weighted by Gasteiger charge is -2.20. The van der Waals surface area contributed by atoms with E-state index in [1.165, 1.54) is 11.3 Å². The van der Waals surface area contributed by atoms with Crippen LogP contribution in [-0.2, 0) is 14.6 Å². The molecule has 0 radical (unpaired) electrons. The summed E-state index contributed by atoms with van der Waals surface area (Å²) in [5.74, 6) is -1.37. The van der Waals surface area contributed by atoms with Crippen LogP contribution in [0.15, 0.2) is 17.5 Å². The van der Waals surface area contributed by atoms with Gasteiger partial charge in [0.1, 0.15) is 6.42 Å². The molecular weight excluding hydrogens is 327 g/mol. The van der Waals surface area contributed by atoms with Crippen LogP contribution in [-0.4, -0.2) is 44.2 Å². The van der Waals surface area contributed by atoms with Crippen molar-refractivity contribution in [3.8, 4) is 0 Å². The fourth-order valence-electron chi connectivity index (χ4n) is 2.27. The standard InChI is InChI=1S/C12H14F3NO3S2/c13-12(14,15)8-11(17)16-4-3-10(9-2-1-6-20-9)21(18,19)7-5-16/h1-2,6,10H,3-5,7-8H2. The molecule has 0 spiro atoms. The van der Waals surface area contributed by atoms with Crippen LogP contribution in [0.1, 0.15) is 23.0 Å². The lowest BCUT2D eigenvalue weighted by atomic mass is 10.2. The largest absolute Gasteiger partial charge is 0.397 e. The summed E-state index contributed by atoms with van der Waals surface area (Å²) >= 11 is 1.30. The summed E-state index contributed by atoms with van der Waals surface area (Å²) in [6.45, 7) is -0.157. The number of rotatable bonds is 2. The molecule has 0 aliphatic carbocycles. The maximum atomic E-state index is 12.3. The van der Waals surface area contributed by atoms with Crippen LogP contribution in [0.4, 0.5) is 13.2 Å². The molecule has 1 fully saturated rings. The molecule has 1 saturated heterocycles. The lowest BCUT2D eigenvalue weighted by molar-refractivity contribution is -0.161. The molecule has 4 nitrogen and oxygen atoms in total. The van der Waals surface area contributed by atoms with E-state index < -0.39 is 33.6 Å². The molecular formula is C12H14F3NO3S2. The molecule has 9 heteroatoms. The fraction of sp³-hybridized carbons (Fsp3) is 0.583. The van der Waals surface area contributed by atoms with Gasteiger partial charge in [-0.3, -0.25) is 4.79 Å². The lowest BCUT2D eigenvalue weighted by Crippen LogP contribution is -2.36. The van der Waals surface area contributed by atoms with Gasteiger partial charge in [-0.2, -0.15) is 13.2 Å². The third-order valence-electron chi connectivity index (χ3n) is 3.31. The molecule has 0 aromatic carbocycles. The Morgan fingerprint density at radius 2 is 2.10 bits per heavy atom. The molecule has 0 bridgehead atoms. The molecule has 1 amide bonds. The van der Waals surface area contributed by atoms with Crippen molar-refractivity contribution in [3.63, 3.8) is 0 Å². The molecule has 1 aliphatic rings. The first kappa shape index (κ1) is 16.3. The van der Waals surface area contributed by atoms with Crippen molar-refractivity contribution in [2.24, 2.45) is 0 Å². The van der Waals surface area contributed by atoms with E-state index in [0.29, 0.717) is 4.88 Å². The van der Waals surface area contributed by atoms with Crippen LogP contribution >= 0.6 is 11.3 Å². The minimum atomic E-state index is -4.57. The highest BCUT2D eigenvalue weighted by molar-refractivity contribution is 7.91. The fourth-order valence-corrected chi connectivity index (χ4v) is 5.27. The Morgan fingerprint density at radius 3 is 2.67 bits per heavy atom. The number of sulfone groups is 1. The predicted molar refractivity (Wildman–Crippen MR) is 72.7 cm³/mol. The van der Waals surface area contributed by atoms with E-state index in [9.17, 15) is 26.4 Å². The first-order valence-electron chi connectivity index (χ1n) is 6.28. The van der Waals surface area contributed by atoms with Gasteiger partial charge in [0, 0.05) is 18.0 Å². The van der Waals surface area contributed by atoms with Gasteiger partial charge in [0.2, 0.25) is 5.91 Å².